The molecule has 12 heteroatoms. The Labute approximate surface area is 174 Å². The molecule has 4 unspecified atom stereocenters. The summed E-state index contributed by atoms with van der Waals surface area (Å²) < 4.78 is 0. The van der Waals surface area contributed by atoms with Crippen LogP contribution in [0.2, 0.25) is 0 Å². The highest BCUT2D eigenvalue weighted by molar-refractivity contribution is 5.95. The second-order valence-electron chi connectivity index (χ2n) is 7.38. The molecule has 1 saturated heterocycles. The van der Waals surface area contributed by atoms with Crippen LogP contribution in [0.25, 0.3) is 0 Å². The normalized spacial score (nSPS) is 18.9. The van der Waals surface area contributed by atoms with Crippen LogP contribution in [0.1, 0.15) is 45.4 Å². The minimum absolute atomic E-state index is 0.285. The van der Waals surface area contributed by atoms with E-state index in [1.807, 2.05) is 0 Å². The van der Waals surface area contributed by atoms with Gasteiger partial charge in [0, 0.05) is 6.54 Å². The number of carboxylic acids is 1. The zero-order chi connectivity index (χ0) is 22.8. The number of hydrogen-bond donors (Lipinski definition) is 6. The van der Waals surface area contributed by atoms with Crippen LogP contribution in [0.15, 0.2) is 0 Å². The number of carbonyl (C=O) groups is 5. The predicted octanol–water partition coefficient (Wildman–Crippen LogP) is -2.62. The molecule has 0 aromatic rings. The lowest BCUT2D eigenvalue weighted by atomic mass is 10.1. The van der Waals surface area contributed by atoms with Gasteiger partial charge in [-0.2, -0.15) is 0 Å². The van der Waals surface area contributed by atoms with E-state index in [2.05, 4.69) is 10.6 Å². The number of amides is 4. The Morgan fingerprint density at radius 3 is 2.40 bits per heavy atom. The number of rotatable bonds is 12. The van der Waals surface area contributed by atoms with E-state index in [9.17, 15) is 24.0 Å². The fourth-order valence-corrected chi connectivity index (χ4v) is 3.24. The highest BCUT2D eigenvalue weighted by Crippen LogP contribution is 2.19. The smallest absolute Gasteiger partial charge is 0.326 e. The molecular weight excluding hydrogens is 396 g/mol. The number of primary amides is 1. The van der Waals surface area contributed by atoms with Crippen molar-refractivity contribution in [1.29, 1.82) is 0 Å². The molecule has 1 heterocycles. The van der Waals surface area contributed by atoms with Gasteiger partial charge in [-0.3, -0.25) is 19.2 Å². The predicted molar refractivity (Wildman–Crippen MR) is 107 cm³/mol. The van der Waals surface area contributed by atoms with Gasteiger partial charge in [-0.25, -0.2) is 4.79 Å². The highest BCUT2D eigenvalue weighted by atomic mass is 16.4. The molecule has 1 rings (SSSR count). The van der Waals surface area contributed by atoms with E-state index in [4.69, 9.17) is 22.3 Å². The van der Waals surface area contributed by atoms with Crippen molar-refractivity contribution in [1.82, 2.24) is 15.5 Å². The van der Waals surface area contributed by atoms with Crippen molar-refractivity contribution in [2.45, 2.75) is 69.6 Å². The maximum atomic E-state index is 12.8. The number of likely N-dealkylation sites (tertiary alicyclic amines) is 1. The van der Waals surface area contributed by atoms with Gasteiger partial charge in [-0.1, -0.05) is 6.42 Å². The molecule has 0 aromatic heterocycles. The van der Waals surface area contributed by atoms with Crippen molar-refractivity contribution in [3.8, 4) is 0 Å². The number of nitrogens with zero attached hydrogens (tertiary/aromatic N) is 1. The van der Waals surface area contributed by atoms with Gasteiger partial charge in [-0.05, 0) is 39.2 Å². The van der Waals surface area contributed by atoms with Gasteiger partial charge in [0.15, 0.2) is 0 Å². The van der Waals surface area contributed by atoms with Crippen molar-refractivity contribution < 1.29 is 29.1 Å². The summed E-state index contributed by atoms with van der Waals surface area (Å²) in [5, 5.41) is 13.9. The van der Waals surface area contributed by atoms with E-state index in [1.54, 1.807) is 0 Å². The number of carboxylic acid groups (broad SMARTS) is 1. The van der Waals surface area contributed by atoms with Crippen LogP contribution in [-0.2, 0) is 24.0 Å². The average Bonchev–Trinajstić information content (AvgIpc) is 3.16. The number of carbonyl (C=O) groups excluding carboxylic acids is 4. The van der Waals surface area contributed by atoms with Gasteiger partial charge >= 0.3 is 5.97 Å². The van der Waals surface area contributed by atoms with Gasteiger partial charge < -0.3 is 37.8 Å². The minimum atomic E-state index is -1.48. The fraction of sp³-hybridized carbons (Fsp3) is 0.722. The number of nitrogens with two attached hydrogens (primary N) is 3. The first-order chi connectivity index (χ1) is 14.1. The lowest BCUT2D eigenvalue weighted by Crippen LogP contribution is -2.56. The second-order valence-corrected chi connectivity index (χ2v) is 7.38. The summed E-state index contributed by atoms with van der Waals surface area (Å²) in [6, 6.07) is -4.05. The first-order valence-electron chi connectivity index (χ1n) is 9.96. The van der Waals surface area contributed by atoms with Gasteiger partial charge in [0.2, 0.25) is 23.6 Å². The van der Waals surface area contributed by atoms with E-state index in [0.29, 0.717) is 32.2 Å². The summed E-state index contributed by atoms with van der Waals surface area (Å²) in [5.41, 5.74) is 16.2. The van der Waals surface area contributed by atoms with E-state index >= 15 is 0 Å². The summed E-state index contributed by atoms with van der Waals surface area (Å²) in [6.07, 6.45) is 2.19. The van der Waals surface area contributed by atoms with Crippen LogP contribution < -0.4 is 27.8 Å². The first-order valence-corrected chi connectivity index (χ1v) is 9.96. The Morgan fingerprint density at radius 1 is 1.17 bits per heavy atom. The van der Waals surface area contributed by atoms with Gasteiger partial charge in [-0.15, -0.1) is 0 Å². The first kappa shape index (κ1) is 25.3. The molecule has 30 heavy (non-hydrogen) atoms. The summed E-state index contributed by atoms with van der Waals surface area (Å²) >= 11 is 0. The Bertz CT molecular complexity index is 657. The van der Waals surface area contributed by atoms with Crippen LogP contribution in [-0.4, -0.2) is 76.9 Å². The van der Waals surface area contributed by atoms with Crippen LogP contribution in [0.5, 0.6) is 0 Å². The largest absolute Gasteiger partial charge is 0.480 e. The van der Waals surface area contributed by atoms with Crippen molar-refractivity contribution in [3.05, 3.63) is 0 Å². The molecule has 0 saturated carbocycles. The summed E-state index contributed by atoms with van der Waals surface area (Å²) in [6.45, 7) is 2.28. The molecule has 1 fully saturated rings. The van der Waals surface area contributed by atoms with Gasteiger partial charge in [0.05, 0.1) is 12.5 Å². The highest BCUT2D eigenvalue weighted by Gasteiger charge is 2.38. The molecule has 0 bridgehead atoms. The molecule has 0 radical (unpaired) electrons. The Kier molecular flexibility index (Phi) is 10.2. The van der Waals surface area contributed by atoms with E-state index in [1.165, 1.54) is 11.8 Å². The van der Waals surface area contributed by atoms with Gasteiger partial charge in [0.1, 0.15) is 18.1 Å². The van der Waals surface area contributed by atoms with E-state index in [0.717, 1.165) is 6.42 Å². The van der Waals surface area contributed by atoms with Crippen molar-refractivity contribution in [3.63, 3.8) is 0 Å². The third-order valence-electron chi connectivity index (χ3n) is 4.89. The maximum absolute atomic E-state index is 12.8. The van der Waals surface area contributed by atoms with Crippen LogP contribution in [0, 0.1) is 0 Å². The number of unbranched alkanes of at least 4 members (excludes halogenated alkanes) is 1. The van der Waals surface area contributed by atoms with Crippen LogP contribution >= 0.6 is 0 Å². The average molecular weight is 428 g/mol. The standard InChI is InChI=1S/C18H32N6O6/c1-10(22-15(26)11(20)5-2-3-7-19)17(28)24-8-4-6-13(24)16(27)23-12(18(29)30)9-14(21)25/h10-13H,2-9,19-20H2,1H3,(H2,21,25)(H,22,26)(H,23,27)(H,29,30). The Hall–Kier alpha value is -2.73. The lowest BCUT2D eigenvalue weighted by Gasteiger charge is -2.28. The maximum Gasteiger partial charge on any atom is 0.326 e. The monoisotopic (exact) mass is 428 g/mol. The van der Waals surface area contributed by atoms with E-state index < -0.39 is 60.2 Å². The van der Waals surface area contributed by atoms with Crippen LogP contribution in [0.4, 0.5) is 0 Å². The molecule has 9 N–H and O–H groups in total. The molecule has 1 aliphatic rings. The van der Waals surface area contributed by atoms with Crippen molar-refractivity contribution in [2.75, 3.05) is 13.1 Å². The van der Waals surface area contributed by atoms with Crippen LogP contribution in [0.3, 0.4) is 0 Å². The molecule has 12 nitrogen and oxygen atoms in total. The third kappa shape index (κ3) is 7.59. The Morgan fingerprint density at radius 2 is 1.83 bits per heavy atom. The zero-order valence-electron chi connectivity index (χ0n) is 17.1. The quantitative estimate of drug-likeness (QED) is 0.181. The number of aliphatic carboxylic acids is 1. The molecule has 0 aliphatic carbocycles. The summed E-state index contributed by atoms with van der Waals surface area (Å²) in [4.78, 5) is 61.0. The molecule has 0 spiro atoms. The second kappa shape index (κ2) is 12.1. The lowest BCUT2D eigenvalue weighted by molar-refractivity contribution is -0.145. The van der Waals surface area contributed by atoms with Crippen molar-refractivity contribution in [2.24, 2.45) is 17.2 Å². The molecule has 1 aliphatic heterocycles. The SMILES string of the molecule is CC(NC(=O)C(N)CCCCN)C(=O)N1CCCC1C(=O)NC(CC(N)=O)C(=O)O. The minimum Gasteiger partial charge on any atom is -0.480 e. The number of nitrogens with one attached hydrogen (secondary N) is 2. The Balaban J connectivity index is 2.69. The molecule has 4 amide bonds. The van der Waals surface area contributed by atoms with Crippen molar-refractivity contribution >= 4 is 29.6 Å². The van der Waals surface area contributed by atoms with Gasteiger partial charge in [0.25, 0.3) is 0 Å². The topological polar surface area (TPSA) is 211 Å². The third-order valence-corrected chi connectivity index (χ3v) is 4.89. The zero-order valence-corrected chi connectivity index (χ0v) is 17.1. The summed E-state index contributed by atoms with van der Waals surface area (Å²) in [5.74, 6) is -3.91. The molecule has 4 atom stereocenters. The fourth-order valence-electron chi connectivity index (χ4n) is 3.24. The molecule has 0 aromatic carbocycles. The number of hydrogen-bond acceptors (Lipinski definition) is 7. The summed E-state index contributed by atoms with van der Waals surface area (Å²) in [7, 11) is 0. The van der Waals surface area contributed by atoms with E-state index in [-0.39, 0.29) is 6.54 Å². The molecule has 170 valence electrons. The molecular formula is C18H32N6O6.